The summed E-state index contributed by atoms with van der Waals surface area (Å²) in [5.41, 5.74) is 0. The molecule has 89 valence electrons. The molecule has 0 bridgehead atoms. The van der Waals surface area contributed by atoms with Crippen molar-refractivity contribution in [1.29, 1.82) is 0 Å². The molecule has 0 saturated heterocycles. The van der Waals surface area contributed by atoms with E-state index in [1.54, 1.807) is 0 Å². The van der Waals surface area contributed by atoms with Gasteiger partial charge in [0.2, 0.25) is 0 Å². The van der Waals surface area contributed by atoms with Crippen LogP contribution in [-0.4, -0.2) is 40.0 Å². The van der Waals surface area contributed by atoms with Gasteiger partial charge in [-0.25, -0.2) is 0 Å². The van der Waals surface area contributed by atoms with Crippen LogP contribution in [0.15, 0.2) is 12.2 Å². The number of rotatable bonds is 0. The van der Waals surface area contributed by atoms with Gasteiger partial charge in [-0.05, 0) is 59.3 Å². The molecular formula is C11H26CoP2. The molecule has 14 heavy (non-hydrogen) atoms. The van der Waals surface area contributed by atoms with E-state index in [-0.39, 0.29) is 16.8 Å². The van der Waals surface area contributed by atoms with Crippen molar-refractivity contribution in [2.45, 2.75) is 19.3 Å². The normalized spacial score (nSPS) is 12.6. The van der Waals surface area contributed by atoms with Gasteiger partial charge in [0.25, 0.3) is 0 Å². The van der Waals surface area contributed by atoms with Crippen LogP contribution >= 0.6 is 15.8 Å². The first-order chi connectivity index (χ1) is 5.96. The number of hydrogen-bond donors (Lipinski definition) is 0. The van der Waals surface area contributed by atoms with Crippen LogP contribution in [0.25, 0.3) is 0 Å². The zero-order chi connectivity index (χ0) is 10.7. The van der Waals surface area contributed by atoms with E-state index in [0.29, 0.717) is 15.8 Å². The Kier molecular flexibility index (Phi) is 24.2. The van der Waals surface area contributed by atoms with Gasteiger partial charge in [-0.3, -0.25) is 0 Å². The predicted molar refractivity (Wildman–Crippen MR) is 72.4 cm³/mol. The van der Waals surface area contributed by atoms with Crippen LogP contribution in [0.3, 0.4) is 0 Å². The first kappa shape index (κ1) is 20.5. The van der Waals surface area contributed by atoms with Crippen LogP contribution in [0.1, 0.15) is 19.3 Å². The second-order valence-corrected chi connectivity index (χ2v) is 9.45. The minimum atomic E-state index is 0. The minimum Gasteiger partial charge on any atom is -0.116 e. The summed E-state index contributed by atoms with van der Waals surface area (Å²) in [6.07, 6.45) is 8.50. The Labute approximate surface area is 104 Å². The predicted octanol–water partition coefficient (Wildman–Crippen LogP) is 4.44. The molecule has 0 amide bonds. The summed E-state index contributed by atoms with van der Waals surface area (Å²) in [6.45, 7) is 13.4. The van der Waals surface area contributed by atoms with E-state index in [4.69, 9.17) is 0 Å². The largest absolute Gasteiger partial charge is 0.116 e. The van der Waals surface area contributed by atoms with Crippen molar-refractivity contribution in [3.05, 3.63) is 12.2 Å². The first-order valence-corrected chi connectivity index (χ1v) is 10.2. The molecule has 0 unspecified atom stereocenters. The monoisotopic (exact) mass is 279 g/mol. The van der Waals surface area contributed by atoms with E-state index in [0.717, 1.165) is 0 Å². The molecule has 1 aliphatic rings. The third-order valence-corrected chi connectivity index (χ3v) is 0.908. The third-order valence-electron chi connectivity index (χ3n) is 0.908. The molecule has 0 nitrogen and oxygen atoms in total. The van der Waals surface area contributed by atoms with Gasteiger partial charge >= 0.3 is 0 Å². The van der Waals surface area contributed by atoms with Crippen molar-refractivity contribution in [3.63, 3.8) is 0 Å². The second kappa shape index (κ2) is 16.5. The van der Waals surface area contributed by atoms with E-state index in [1.807, 2.05) is 0 Å². The fraction of sp³-hybridized carbons (Fsp3) is 0.818. The van der Waals surface area contributed by atoms with Gasteiger partial charge < -0.3 is 0 Å². The molecule has 1 aliphatic carbocycles. The molecule has 0 aromatic carbocycles. The Morgan fingerprint density at radius 3 is 1.00 bits per heavy atom. The summed E-state index contributed by atoms with van der Waals surface area (Å²) in [5.74, 6) is 0. The topological polar surface area (TPSA) is 0 Å². The molecule has 0 spiro atoms. The number of allylic oxidation sites excluding steroid dienone is 2. The summed E-state index contributed by atoms with van der Waals surface area (Å²) in [5, 5.41) is 0. The van der Waals surface area contributed by atoms with Crippen LogP contribution in [0, 0.1) is 0 Å². The fourth-order valence-corrected chi connectivity index (χ4v) is 0.589. The molecule has 3 heteroatoms. The number of hydrogen-bond acceptors (Lipinski definition) is 0. The van der Waals surface area contributed by atoms with Crippen molar-refractivity contribution < 1.29 is 16.8 Å². The van der Waals surface area contributed by atoms with Crippen molar-refractivity contribution in [2.24, 2.45) is 0 Å². The average molecular weight is 279 g/mol. The maximum atomic E-state index is 2.24. The Hall–Kier alpha value is 1.11. The zero-order valence-electron chi connectivity index (χ0n) is 10.5. The van der Waals surface area contributed by atoms with E-state index in [9.17, 15) is 0 Å². The van der Waals surface area contributed by atoms with E-state index in [1.165, 1.54) is 19.3 Å². The quantitative estimate of drug-likeness (QED) is 0.454. The zero-order valence-corrected chi connectivity index (χ0v) is 13.3. The molecule has 0 fully saturated rings. The summed E-state index contributed by atoms with van der Waals surface area (Å²) in [4.78, 5) is 0. The van der Waals surface area contributed by atoms with Crippen LogP contribution < -0.4 is 0 Å². The molecular weight excluding hydrogens is 253 g/mol. The molecule has 0 saturated carbocycles. The summed E-state index contributed by atoms with van der Waals surface area (Å²) < 4.78 is 0. The maximum Gasteiger partial charge on any atom is 0 e. The van der Waals surface area contributed by atoms with Crippen LogP contribution in [-0.2, 0) is 16.8 Å². The molecule has 1 radical (unpaired) electrons. The van der Waals surface area contributed by atoms with Gasteiger partial charge in [0.05, 0.1) is 0 Å². The second-order valence-electron chi connectivity index (χ2n) is 4.09. The smallest absolute Gasteiger partial charge is 0 e. The van der Waals surface area contributed by atoms with Crippen molar-refractivity contribution in [1.82, 2.24) is 0 Å². The SMILES string of the molecule is C1=CCCC1.CP(C)C.CP(C)C.[Co]. The first-order valence-electron chi connectivity index (χ1n) is 4.83. The minimum absolute atomic E-state index is 0. The molecule has 1 rings (SSSR count). The Balaban J connectivity index is -0.000000127. The molecule has 0 aromatic rings. The van der Waals surface area contributed by atoms with Gasteiger partial charge in [-0.1, -0.05) is 12.2 Å². The van der Waals surface area contributed by atoms with Crippen LogP contribution in [0.5, 0.6) is 0 Å². The fourth-order valence-electron chi connectivity index (χ4n) is 0.589. The molecule has 0 aromatic heterocycles. The average Bonchev–Trinajstić information content (AvgIpc) is 2.35. The van der Waals surface area contributed by atoms with Gasteiger partial charge in [0, 0.05) is 16.8 Å². The van der Waals surface area contributed by atoms with E-state index < -0.39 is 0 Å². The van der Waals surface area contributed by atoms with Crippen molar-refractivity contribution in [2.75, 3.05) is 40.0 Å². The molecule has 0 atom stereocenters. The Bertz CT molecular complexity index is 94.3. The van der Waals surface area contributed by atoms with E-state index >= 15 is 0 Å². The van der Waals surface area contributed by atoms with Crippen molar-refractivity contribution in [3.8, 4) is 0 Å². The Morgan fingerprint density at radius 2 is 0.929 bits per heavy atom. The Morgan fingerprint density at radius 1 is 0.714 bits per heavy atom. The van der Waals surface area contributed by atoms with Gasteiger partial charge in [0.1, 0.15) is 0 Å². The molecule has 0 N–H and O–H groups in total. The van der Waals surface area contributed by atoms with Crippen LogP contribution in [0.2, 0.25) is 0 Å². The van der Waals surface area contributed by atoms with E-state index in [2.05, 4.69) is 52.1 Å². The third kappa shape index (κ3) is 51.5. The molecule has 0 heterocycles. The summed E-state index contributed by atoms with van der Waals surface area (Å²) >= 11 is 0. The van der Waals surface area contributed by atoms with Crippen LogP contribution in [0.4, 0.5) is 0 Å². The van der Waals surface area contributed by atoms with Crippen molar-refractivity contribution >= 4 is 15.8 Å². The maximum absolute atomic E-state index is 2.24. The van der Waals surface area contributed by atoms with Gasteiger partial charge in [-0.2, -0.15) is 0 Å². The van der Waals surface area contributed by atoms with Gasteiger partial charge in [-0.15, -0.1) is 15.8 Å². The van der Waals surface area contributed by atoms with Gasteiger partial charge in [0.15, 0.2) is 0 Å². The standard InChI is InChI=1S/C5H8.2C3H9P.Co/c1-2-4-5-3-1;2*1-4(2)3;/h1-2H,3-5H2;2*1-3H3;. The summed E-state index contributed by atoms with van der Waals surface area (Å²) in [7, 11) is 0.759. The summed E-state index contributed by atoms with van der Waals surface area (Å²) in [6, 6.07) is 0. The molecule has 0 aliphatic heterocycles.